The summed E-state index contributed by atoms with van der Waals surface area (Å²) in [6.45, 7) is -0.0793. The molecule has 1 unspecified atom stereocenters. The van der Waals surface area contributed by atoms with Gasteiger partial charge < -0.3 is 24.4 Å². The first kappa shape index (κ1) is 20.2. The van der Waals surface area contributed by atoms with Crippen molar-refractivity contribution in [3.8, 4) is 28.5 Å². The maximum absolute atomic E-state index is 11.6. The topological polar surface area (TPSA) is 103 Å². The normalized spacial score (nSPS) is 11.7. The van der Waals surface area contributed by atoms with Gasteiger partial charge in [0.05, 0.1) is 26.5 Å². The lowest BCUT2D eigenvalue weighted by atomic mass is 10.1. The molecule has 0 bridgehead atoms. The van der Waals surface area contributed by atoms with Crippen LogP contribution in [-0.4, -0.2) is 52.9 Å². The molecule has 0 saturated heterocycles. The highest BCUT2D eigenvalue weighted by atomic mass is 16.5. The number of rotatable bonds is 9. The van der Waals surface area contributed by atoms with E-state index in [0.717, 1.165) is 5.56 Å². The zero-order chi connectivity index (χ0) is 20.8. The van der Waals surface area contributed by atoms with E-state index in [9.17, 15) is 15.0 Å². The van der Waals surface area contributed by atoms with Crippen molar-refractivity contribution in [3.05, 3.63) is 60.3 Å². The van der Waals surface area contributed by atoms with E-state index in [4.69, 9.17) is 14.2 Å². The fourth-order valence-corrected chi connectivity index (χ4v) is 2.81. The minimum absolute atomic E-state index is 0.0211. The summed E-state index contributed by atoms with van der Waals surface area (Å²) in [5.74, 6) is 0.601. The lowest BCUT2D eigenvalue weighted by Gasteiger charge is -2.15. The van der Waals surface area contributed by atoms with Crippen LogP contribution in [0, 0.1) is 0 Å². The minimum atomic E-state index is -1.13. The number of carboxylic acid groups (broad SMARTS) is 1. The molecule has 29 heavy (non-hydrogen) atoms. The quantitative estimate of drug-likeness (QED) is 0.571. The number of aliphatic hydroxyl groups excluding tert-OH is 1. The van der Waals surface area contributed by atoms with Crippen LogP contribution in [0.3, 0.4) is 0 Å². The Morgan fingerprint density at radius 1 is 1.07 bits per heavy atom. The van der Waals surface area contributed by atoms with Gasteiger partial charge in [0, 0.05) is 5.56 Å². The number of carbonyl (C=O) groups is 1. The molecule has 0 amide bonds. The molecule has 0 spiro atoms. The van der Waals surface area contributed by atoms with Crippen LogP contribution in [0.1, 0.15) is 10.5 Å². The molecule has 0 radical (unpaired) electrons. The third-order valence-electron chi connectivity index (χ3n) is 4.27. The number of carboxylic acids is 1. The molecule has 8 heteroatoms. The number of hydrogen-bond donors (Lipinski definition) is 2. The average Bonchev–Trinajstić information content (AvgIpc) is 3.16. The number of hydrogen-bond acceptors (Lipinski definition) is 6. The van der Waals surface area contributed by atoms with Crippen LogP contribution in [0.5, 0.6) is 17.2 Å². The highest BCUT2D eigenvalue weighted by molar-refractivity contribution is 5.87. The molecule has 8 nitrogen and oxygen atoms in total. The van der Waals surface area contributed by atoms with Gasteiger partial charge in [0.25, 0.3) is 0 Å². The monoisotopic (exact) mass is 398 g/mol. The first-order valence-corrected chi connectivity index (χ1v) is 8.91. The third-order valence-corrected chi connectivity index (χ3v) is 4.27. The van der Waals surface area contributed by atoms with Gasteiger partial charge in [-0.2, -0.15) is 5.10 Å². The highest BCUT2D eigenvalue weighted by Crippen LogP contribution is 2.26. The summed E-state index contributed by atoms with van der Waals surface area (Å²) >= 11 is 0. The average molecular weight is 398 g/mol. The van der Waals surface area contributed by atoms with Gasteiger partial charge in [0.1, 0.15) is 24.2 Å². The Hall–Kier alpha value is -3.52. The molecule has 1 atom stereocenters. The smallest absolute Gasteiger partial charge is 0.354 e. The Labute approximate surface area is 167 Å². The molecule has 0 aliphatic carbocycles. The van der Waals surface area contributed by atoms with Crippen LogP contribution in [-0.2, 0) is 6.54 Å². The zero-order valence-corrected chi connectivity index (χ0v) is 16.1. The molecule has 3 rings (SSSR count). The van der Waals surface area contributed by atoms with Crippen LogP contribution < -0.4 is 14.2 Å². The SMILES string of the molecule is COc1ccc(-c2cc(C(=O)O)n(CC(O)COc3ccccc3OC)n2)cc1. The summed E-state index contributed by atoms with van der Waals surface area (Å²) in [5.41, 5.74) is 1.21. The van der Waals surface area contributed by atoms with Crippen molar-refractivity contribution in [2.75, 3.05) is 20.8 Å². The van der Waals surface area contributed by atoms with E-state index in [-0.39, 0.29) is 18.8 Å². The Balaban J connectivity index is 1.73. The lowest BCUT2D eigenvalue weighted by molar-refractivity contribution is 0.0658. The van der Waals surface area contributed by atoms with E-state index >= 15 is 0 Å². The van der Waals surface area contributed by atoms with Gasteiger partial charge in [-0.05, 0) is 42.5 Å². The Kier molecular flexibility index (Phi) is 6.36. The number of aliphatic hydroxyl groups is 1. The van der Waals surface area contributed by atoms with E-state index in [0.29, 0.717) is 22.9 Å². The molecule has 3 aromatic rings. The Bertz CT molecular complexity index is 968. The van der Waals surface area contributed by atoms with Gasteiger partial charge in [0.15, 0.2) is 11.5 Å². The van der Waals surface area contributed by atoms with Crippen molar-refractivity contribution in [2.45, 2.75) is 12.6 Å². The Morgan fingerprint density at radius 3 is 2.38 bits per heavy atom. The van der Waals surface area contributed by atoms with Crippen molar-refractivity contribution in [1.29, 1.82) is 0 Å². The van der Waals surface area contributed by atoms with Crippen molar-refractivity contribution >= 4 is 5.97 Å². The van der Waals surface area contributed by atoms with Gasteiger partial charge in [-0.25, -0.2) is 4.79 Å². The van der Waals surface area contributed by atoms with Crippen molar-refractivity contribution in [1.82, 2.24) is 9.78 Å². The largest absolute Gasteiger partial charge is 0.497 e. The summed E-state index contributed by atoms with van der Waals surface area (Å²) in [5, 5.41) is 24.2. The lowest BCUT2D eigenvalue weighted by Crippen LogP contribution is -2.26. The molecule has 1 aromatic heterocycles. The van der Waals surface area contributed by atoms with Crippen molar-refractivity contribution < 1.29 is 29.2 Å². The van der Waals surface area contributed by atoms with Crippen LogP contribution in [0.4, 0.5) is 0 Å². The second-order valence-corrected chi connectivity index (χ2v) is 6.25. The van der Waals surface area contributed by atoms with Gasteiger partial charge in [-0.1, -0.05) is 12.1 Å². The molecule has 0 fully saturated rings. The molecule has 2 N–H and O–H groups in total. The van der Waals surface area contributed by atoms with E-state index in [2.05, 4.69) is 5.10 Å². The first-order valence-electron chi connectivity index (χ1n) is 8.91. The molecule has 152 valence electrons. The third kappa shape index (κ3) is 4.85. The zero-order valence-electron chi connectivity index (χ0n) is 16.1. The Morgan fingerprint density at radius 2 is 1.76 bits per heavy atom. The van der Waals surface area contributed by atoms with Crippen molar-refractivity contribution in [2.24, 2.45) is 0 Å². The number of nitrogens with zero attached hydrogens (tertiary/aromatic N) is 2. The fraction of sp³-hybridized carbons (Fsp3) is 0.238. The summed E-state index contributed by atoms with van der Waals surface area (Å²) < 4.78 is 17.2. The summed E-state index contributed by atoms with van der Waals surface area (Å²) in [7, 11) is 3.10. The fourth-order valence-electron chi connectivity index (χ4n) is 2.81. The number of aromatic nitrogens is 2. The summed E-state index contributed by atoms with van der Waals surface area (Å²) in [4.78, 5) is 11.6. The highest BCUT2D eigenvalue weighted by Gasteiger charge is 2.18. The molecule has 2 aromatic carbocycles. The molecule has 0 saturated carbocycles. The molecule has 0 aliphatic heterocycles. The van der Waals surface area contributed by atoms with Gasteiger partial charge in [-0.3, -0.25) is 4.68 Å². The maximum atomic E-state index is 11.6. The maximum Gasteiger partial charge on any atom is 0.354 e. The van der Waals surface area contributed by atoms with Gasteiger partial charge in [-0.15, -0.1) is 0 Å². The number of para-hydroxylation sites is 2. The van der Waals surface area contributed by atoms with E-state index in [1.54, 1.807) is 49.6 Å². The number of methoxy groups -OCH3 is 2. The second kappa shape index (κ2) is 9.11. The second-order valence-electron chi connectivity index (χ2n) is 6.25. The van der Waals surface area contributed by atoms with Crippen molar-refractivity contribution in [3.63, 3.8) is 0 Å². The number of aromatic carboxylic acids is 1. The number of ether oxygens (including phenoxy) is 3. The first-order chi connectivity index (χ1) is 14.0. The molecule has 0 aliphatic rings. The minimum Gasteiger partial charge on any atom is -0.497 e. The van der Waals surface area contributed by atoms with E-state index in [1.807, 2.05) is 6.07 Å². The summed E-state index contributed by atoms with van der Waals surface area (Å²) in [6.07, 6.45) is -0.971. The van der Waals surface area contributed by atoms with Gasteiger partial charge >= 0.3 is 5.97 Å². The standard InChI is InChI=1S/C21H22N2O6/c1-27-16-9-7-14(8-10-16)17-11-18(21(25)26)23(22-17)12-15(24)13-29-20-6-4-3-5-19(20)28-2/h3-11,15,24H,12-13H2,1-2H3,(H,25,26). The van der Waals surface area contributed by atoms with E-state index in [1.165, 1.54) is 17.9 Å². The van der Waals surface area contributed by atoms with Crippen LogP contribution in [0.15, 0.2) is 54.6 Å². The molecular weight excluding hydrogens is 376 g/mol. The predicted octanol–water partition coefficient (Wildman–Crippen LogP) is 2.71. The van der Waals surface area contributed by atoms with E-state index < -0.39 is 12.1 Å². The van der Waals surface area contributed by atoms with Crippen LogP contribution in [0.2, 0.25) is 0 Å². The summed E-state index contributed by atoms with van der Waals surface area (Å²) in [6, 6.07) is 15.7. The molecular formula is C21H22N2O6. The number of benzene rings is 2. The molecule has 1 heterocycles. The van der Waals surface area contributed by atoms with Crippen LogP contribution in [0.25, 0.3) is 11.3 Å². The van der Waals surface area contributed by atoms with Gasteiger partial charge in [0.2, 0.25) is 0 Å². The van der Waals surface area contributed by atoms with Crippen LogP contribution >= 0.6 is 0 Å². The predicted molar refractivity (Wildman–Crippen MR) is 106 cm³/mol.